The Morgan fingerprint density at radius 1 is 1.11 bits per heavy atom. The molecule has 4 unspecified atom stereocenters. The van der Waals surface area contributed by atoms with E-state index in [1.165, 1.54) is 32.1 Å². The molecule has 2 N–H and O–H groups in total. The molecule has 0 aromatic heterocycles. The van der Waals surface area contributed by atoms with Gasteiger partial charge in [-0.3, -0.25) is 4.79 Å². The van der Waals surface area contributed by atoms with Crippen molar-refractivity contribution in [1.29, 1.82) is 0 Å². The van der Waals surface area contributed by atoms with Gasteiger partial charge in [0.25, 0.3) is 0 Å². The van der Waals surface area contributed by atoms with Gasteiger partial charge in [0.15, 0.2) is 0 Å². The van der Waals surface area contributed by atoms with Crippen LogP contribution in [0.4, 0.5) is 0 Å². The normalized spacial score (nSPS) is 41.1. The third-order valence-electron chi connectivity index (χ3n) is 5.38. The van der Waals surface area contributed by atoms with Gasteiger partial charge >= 0.3 is 0 Å². The zero-order valence-electron chi connectivity index (χ0n) is 11.5. The highest BCUT2D eigenvalue weighted by atomic mass is 16.2. The van der Waals surface area contributed by atoms with Gasteiger partial charge in [0.2, 0.25) is 5.91 Å². The van der Waals surface area contributed by atoms with Crippen LogP contribution in [0.25, 0.3) is 0 Å². The number of likely N-dealkylation sites (tertiary alicyclic amines) is 1. The van der Waals surface area contributed by atoms with Crippen LogP contribution in [0.1, 0.15) is 51.9 Å². The van der Waals surface area contributed by atoms with E-state index in [1.54, 1.807) is 0 Å². The predicted molar refractivity (Wildman–Crippen MR) is 71.9 cm³/mol. The number of amides is 1. The molecule has 0 radical (unpaired) electrons. The van der Waals surface area contributed by atoms with E-state index in [2.05, 4.69) is 11.8 Å². The maximum absolute atomic E-state index is 12.7. The molecule has 3 heteroatoms. The average Bonchev–Trinajstić information content (AvgIpc) is 3.12. The Labute approximate surface area is 110 Å². The van der Waals surface area contributed by atoms with Gasteiger partial charge in [-0.1, -0.05) is 12.8 Å². The molecule has 102 valence electrons. The van der Waals surface area contributed by atoms with Crippen molar-refractivity contribution in [3.05, 3.63) is 0 Å². The highest BCUT2D eigenvalue weighted by Gasteiger charge is 2.56. The lowest BCUT2D eigenvalue weighted by atomic mass is 9.96. The third kappa shape index (κ3) is 2.07. The predicted octanol–water partition coefficient (Wildman–Crippen LogP) is 2.15. The van der Waals surface area contributed by atoms with Crippen LogP contribution in [-0.4, -0.2) is 29.4 Å². The number of piperidine rings is 1. The summed E-state index contributed by atoms with van der Waals surface area (Å²) in [6.07, 6.45) is 8.74. The van der Waals surface area contributed by atoms with E-state index in [-0.39, 0.29) is 6.04 Å². The van der Waals surface area contributed by atoms with Gasteiger partial charge in [-0.25, -0.2) is 0 Å². The second-order valence-electron chi connectivity index (χ2n) is 6.59. The second kappa shape index (κ2) is 4.84. The zero-order valence-corrected chi connectivity index (χ0v) is 11.5. The van der Waals surface area contributed by atoms with Crippen LogP contribution in [0, 0.1) is 17.8 Å². The van der Waals surface area contributed by atoms with Gasteiger partial charge in [0.1, 0.15) is 0 Å². The van der Waals surface area contributed by atoms with Crippen molar-refractivity contribution in [2.24, 2.45) is 23.5 Å². The van der Waals surface area contributed by atoms with E-state index in [1.807, 2.05) is 0 Å². The van der Waals surface area contributed by atoms with Crippen LogP contribution < -0.4 is 5.73 Å². The minimum atomic E-state index is 0.120. The fourth-order valence-electron chi connectivity index (χ4n) is 4.33. The first-order valence-corrected chi connectivity index (χ1v) is 7.76. The van der Waals surface area contributed by atoms with E-state index in [0.717, 1.165) is 31.2 Å². The largest absolute Gasteiger partial charge is 0.338 e. The molecule has 4 atom stereocenters. The molecule has 1 saturated heterocycles. The molecule has 2 aliphatic carbocycles. The highest BCUT2D eigenvalue weighted by molar-refractivity contribution is 5.83. The van der Waals surface area contributed by atoms with Crippen LogP contribution in [0.15, 0.2) is 0 Å². The van der Waals surface area contributed by atoms with Crippen molar-refractivity contribution in [2.45, 2.75) is 64.0 Å². The maximum Gasteiger partial charge on any atom is 0.226 e. The molecule has 3 rings (SSSR count). The van der Waals surface area contributed by atoms with Crippen LogP contribution in [0.3, 0.4) is 0 Å². The SMILES string of the molecule is CC(N)C1CCCCN1C(=O)C1C2CCCCC21. The second-order valence-corrected chi connectivity index (χ2v) is 6.59. The summed E-state index contributed by atoms with van der Waals surface area (Å²) in [5.74, 6) is 2.25. The van der Waals surface area contributed by atoms with E-state index in [0.29, 0.717) is 17.9 Å². The molecular formula is C15H26N2O. The van der Waals surface area contributed by atoms with E-state index in [9.17, 15) is 4.79 Å². The molecule has 18 heavy (non-hydrogen) atoms. The van der Waals surface area contributed by atoms with Crippen molar-refractivity contribution in [2.75, 3.05) is 6.54 Å². The number of nitrogens with zero attached hydrogens (tertiary/aromatic N) is 1. The van der Waals surface area contributed by atoms with Crippen LogP contribution in [0.2, 0.25) is 0 Å². The monoisotopic (exact) mass is 250 g/mol. The van der Waals surface area contributed by atoms with Crippen molar-refractivity contribution in [3.63, 3.8) is 0 Å². The summed E-state index contributed by atoms with van der Waals surface area (Å²) < 4.78 is 0. The Kier molecular flexibility index (Phi) is 3.35. The number of nitrogens with two attached hydrogens (primary N) is 1. The third-order valence-corrected chi connectivity index (χ3v) is 5.38. The first-order valence-electron chi connectivity index (χ1n) is 7.76. The topological polar surface area (TPSA) is 46.3 Å². The molecule has 1 aliphatic heterocycles. The lowest BCUT2D eigenvalue weighted by Gasteiger charge is -2.38. The molecule has 3 aliphatic rings. The zero-order chi connectivity index (χ0) is 12.7. The quantitative estimate of drug-likeness (QED) is 0.816. The highest BCUT2D eigenvalue weighted by Crippen LogP contribution is 2.56. The first-order chi connectivity index (χ1) is 8.70. The summed E-state index contributed by atoms with van der Waals surface area (Å²) in [6.45, 7) is 3.00. The van der Waals surface area contributed by atoms with Crippen molar-refractivity contribution in [1.82, 2.24) is 4.90 Å². The lowest BCUT2D eigenvalue weighted by molar-refractivity contribution is -0.137. The molecule has 1 amide bonds. The number of carbonyl (C=O) groups excluding carboxylic acids is 1. The Morgan fingerprint density at radius 2 is 1.72 bits per heavy atom. The van der Waals surface area contributed by atoms with E-state index < -0.39 is 0 Å². The first kappa shape index (κ1) is 12.5. The molecule has 3 nitrogen and oxygen atoms in total. The standard InChI is InChI=1S/C15H26N2O/c1-10(16)13-8-4-5-9-17(13)15(18)14-11-6-2-3-7-12(11)14/h10-14H,2-9,16H2,1H3. The maximum atomic E-state index is 12.7. The minimum Gasteiger partial charge on any atom is -0.338 e. The molecule has 0 aromatic rings. The lowest BCUT2D eigenvalue weighted by Crippen LogP contribution is -2.52. The molecule has 2 saturated carbocycles. The molecular weight excluding hydrogens is 224 g/mol. The van der Waals surface area contributed by atoms with Gasteiger partial charge < -0.3 is 10.6 Å². The molecule has 1 heterocycles. The van der Waals surface area contributed by atoms with Gasteiger partial charge in [0.05, 0.1) is 0 Å². The fraction of sp³-hybridized carbons (Fsp3) is 0.933. The van der Waals surface area contributed by atoms with Crippen molar-refractivity contribution < 1.29 is 4.79 Å². The average molecular weight is 250 g/mol. The van der Waals surface area contributed by atoms with Gasteiger partial charge in [-0.2, -0.15) is 0 Å². The fourth-order valence-corrected chi connectivity index (χ4v) is 4.33. The van der Waals surface area contributed by atoms with E-state index >= 15 is 0 Å². The van der Waals surface area contributed by atoms with Crippen molar-refractivity contribution >= 4 is 5.91 Å². The van der Waals surface area contributed by atoms with Crippen LogP contribution in [0.5, 0.6) is 0 Å². The summed E-state index contributed by atoms with van der Waals surface area (Å²) in [5, 5.41) is 0. The number of hydrogen-bond donors (Lipinski definition) is 1. The summed E-state index contributed by atoms with van der Waals surface area (Å²) in [4.78, 5) is 14.8. The summed E-state index contributed by atoms with van der Waals surface area (Å²) >= 11 is 0. The molecule has 0 spiro atoms. The Hall–Kier alpha value is -0.570. The summed E-state index contributed by atoms with van der Waals surface area (Å²) in [5.41, 5.74) is 6.07. The van der Waals surface area contributed by atoms with Crippen molar-refractivity contribution in [3.8, 4) is 0 Å². The van der Waals surface area contributed by atoms with E-state index in [4.69, 9.17) is 5.73 Å². The van der Waals surface area contributed by atoms with Crippen LogP contribution in [-0.2, 0) is 4.79 Å². The smallest absolute Gasteiger partial charge is 0.226 e. The Bertz CT molecular complexity index is 316. The minimum absolute atomic E-state index is 0.120. The van der Waals surface area contributed by atoms with Crippen LogP contribution >= 0.6 is 0 Å². The number of rotatable bonds is 2. The number of carbonyl (C=O) groups is 1. The molecule has 0 bridgehead atoms. The van der Waals surface area contributed by atoms with Gasteiger partial charge in [0, 0.05) is 24.5 Å². The number of hydrogen-bond acceptors (Lipinski definition) is 2. The Balaban J connectivity index is 1.67. The summed E-state index contributed by atoms with van der Waals surface area (Å²) in [6, 6.07) is 0.420. The molecule has 0 aromatic carbocycles. The summed E-state index contributed by atoms with van der Waals surface area (Å²) in [7, 11) is 0. The molecule has 3 fully saturated rings. The van der Waals surface area contributed by atoms with Gasteiger partial charge in [-0.15, -0.1) is 0 Å². The van der Waals surface area contributed by atoms with Gasteiger partial charge in [-0.05, 0) is 50.9 Å². The Morgan fingerprint density at radius 3 is 2.33 bits per heavy atom. The number of fused-ring (bicyclic) bond motifs is 1.